The van der Waals surface area contributed by atoms with Crippen molar-refractivity contribution < 1.29 is 4.79 Å². The summed E-state index contributed by atoms with van der Waals surface area (Å²) in [5.74, 6) is 1.25. The lowest BCUT2D eigenvalue weighted by Crippen LogP contribution is -2.10. The number of rotatable bonds is 2. The first-order chi connectivity index (χ1) is 6.84. The van der Waals surface area contributed by atoms with E-state index >= 15 is 0 Å². The van der Waals surface area contributed by atoms with Gasteiger partial charge in [-0.3, -0.25) is 4.79 Å². The summed E-state index contributed by atoms with van der Waals surface area (Å²) in [6.45, 7) is 0. The summed E-state index contributed by atoms with van der Waals surface area (Å²) in [7, 11) is 0. The molecule has 1 saturated carbocycles. The number of carbonyl (C=O) groups excluding carboxylic acids is 1. The van der Waals surface area contributed by atoms with Gasteiger partial charge < -0.3 is 0 Å². The van der Waals surface area contributed by atoms with Gasteiger partial charge in [-0.2, -0.15) is 0 Å². The second kappa shape index (κ2) is 4.77. The molecule has 78 valence electrons. The van der Waals surface area contributed by atoms with Crippen molar-refractivity contribution in [3.05, 3.63) is 11.6 Å². The molecule has 1 heteroatoms. The van der Waals surface area contributed by atoms with Crippen molar-refractivity contribution in [2.75, 3.05) is 0 Å². The molecular weight excluding hydrogens is 172 g/mol. The second-order valence-corrected chi connectivity index (χ2v) is 4.83. The molecule has 2 rings (SSSR count). The Labute approximate surface area is 86.6 Å². The topological polar surface area (TPSA) is 17.1 Å². The number of hydrogen-bond donors (Lipinski definition) is 0. The summed E-state index contributed by atoms with van der Waals surface area (Å²) in [5, 5.41) is 0. The van der Waals surface area contributed by atoms with Crippen LogP contribution in [0.2, 0.25) is 0 Å². The van der Waals surface area contributed by atoms with Crippen LogP contribution in [0.15, 0.2) is 11.6 Å². The van der Waals surface area contributed by atoms with Gasteiger partial charge in [0.2, 0.25) is 0 Å². The van der Waals surface area contributed by atoms with E-state index in [4.69, 9.17) is 0 Å². The van der Waals surface area contributed by atoms with Gasteiger partial charge in [0.15, 0.2) is 5.78 Å². The predicted octanol–water partition coefficient (Wildman–Crippen LogP) is 3.64. The third-order valence-electron chi connectivity index (χ3n) is 3.56. The van der Waals surface area contributed by atoms with E-state index in [1.54, 1.807) is 0 Å². The summed E-state index contributed by atoms with van der Waals surface area (Å²) >= 11 is 0. The van der Waals surface area contributed by atoms with Crippen LogP contribution in [0.3, 0.4) is 0 Å². The first kappa shape index (κ1) is 9.95. The zero-order chi connectivity index (χ0) is 9.80. The molecule has 1 nitrogen and oxygen atoms in total. The Morgan fingerprint density at radius 3 is 2.57 bits per heavy atom. The quantitative estimate of drug-likeness (QED) is 0.653. The molecule has 0 saturated heterocycles. The summed E-state index contributed by atoms with van der Waals surface area (Å²) in [6, 6.07) is 0. The van der Waals surface area contributed by atoms with Gasteiger partial charge in [-0.15, -0.1) is 0 Å². The van der Waals surface area contributed by atoms with E-state index in [-0.39, 0.29) is 0 Å². The second-order valence-electron chi connectivity index (χ2n) is 4.83. The van der Waals surface area contributed by atoms with Gasteiger partial charge in [0, 0.05) is 6.42 Å². The van der Waals surface area contributed by atoms with Gasteiger partial charge in [0.1, 0.15) is 0 Å². The van der Waals surface area contributed by atoms with Crippen LogP contribution in [0, 0.1) is 5.92 Å². The lowest BCUT2D eigenvalue weighted by Gasteiger charge is -2.23. The lowest BCUT2D eigenvalue weighted by molar-refractivity contribution is -0.115. The van der Waals surface area contributed by atoms with E-state index in [0.717, 1.165) is 18.8 Å². The highest BCUT2D eigenvalue weighted by Crippen LogP contribution is 2.31. The van der Waals surface area contributed by atoms with Gasteiger partial charge in [-0.25, -0.2) is 0 Å². The van der Waals surface area contributed by atoms with Crippen molar-refractivity contribution in [2.45, 2.75) is 57.8 Å². The third kappa shape index (κ3) is 2.70. The van der Waals surface area contributed by atoms with E-state index < -0.39 is 0 Å². The first-order valence-electron chi connectivity index (χ1n) is 6.07. The van der Waals surface area contributed by atoms with Gasteiger partial charge in [0.05, 0.1) is 0 Å². The molecule has 0 aromatic rings. The Morgan fingerprint density at radius 1 is 1.07 bits per heavy atom. The molecule has 14 heavy (non-hydrogen) atoms. The SMILES string of the molecule is O=C1C=C(CC2CCCCC2)CCC1. The van der Waals surface area contributed by atoms with Crippen LogP contribution in [0.25, 0.3) is 0 Å². The minimum atomic E-state index is 0.363. The Balaban J connectivity index is 1.86. The molecule has 0 aromatic carbocycles. The molecule has 0 amide bonds. The summed E-state index contributed by atoms with van der Waals surface area (Å²) in [6.07, 6.45) is 13.2. The molecule has 0 bridgehead atoms. The zero-order valence-corrected chi connectivity index (χ0v) is 8.93. The average molecular weight is 192 g/mol. The normalized spacial score (nSPS) is 24.9. The Morgan fingerprint density at radius 2 is 1.86 bits per heavy atom. The van der Waals surface area contributed by atoms with Gasteiger partial charge >= 0.3 is 0 Å². The Kier molecular flexibility index (Phi) is 3.39. The van der Waals surface area contributed by atoms with E-state index in [1.807, 2.05) is 6.08 Å². The van der Waals surface area contributed by atoms with Crippen LogP contribution >= 0.6 is 0 Å². The highest BCUT2D eigenvalue weighted by molar-refractivity contribution is 5.91. The van der Waals surface area contributed by atoms with Crippen LogP contribution in [-0.4, -0.2) is 5.78 Å². The Hall–Kier alpha value is -0.590. The zero-order valence-electron chi connectivity index (χ0n) is 8.93. The van der Waals surface area contributed by atoms with Gasteiger partial charge in [-0.05, 0) is 31.3 Å². The maximum Gasteiger partial charge on any atom is 0.155 e. The van der Waals surface area contributed by atoms with Crippen molar-refractivity contribution >= 4 is 5.78 Å². The number of hydrogen-bond acceptors (Lipinski definition) is 1. The molecule has 0 N–H and O–H groups in total. The molecule has 0 spiro atoms. The number of ketones is 1. The molecule has 0 aliphatic heterocycles. The van der Waals surface area contributed by atoms with E-state index in [2.05, 4.69) is 0 Å². The van der Waals surface area contributed by atoms with Crippen LogP contribution in [0.1, 0.15) is 57.8 Å². The predicted molar refractivity (Wildman–Crippen MR) is 58.1 cm³/mol. The molecule has 1 fully saturated rings. The van der Waals surface area contributed by atoms with Crippen LogP contribution in [0.5, 0.6) is 0 Å². The summed E-state index contributed by atoms with van der Waals surface area (Å²) < 4.78 is 0. The molecule has 0 aromatic heterocycles. The number of carbonyl (C=O) groups is 1. The van der Waals surface area contributed by atoms with Gasteiger partial charge in [0.25, 0.3) is 0 Å². The molecular formula is C13H20O. The van der Waals surface area contributed by atoms with Crippen LogP contribution in [0.4, 0.5) is 0 Å². The molecule has 2 aliphatic carbocycles. The lowest BCUT2D eigenvalue weighted by atomic mass is 9.82. The molecule has 0 heterocycles. The highest BCUT2D eigenvalue weighted by atomic mass is 16.1. The largest absolute Gasteiger partial charge is 0.295 e. The number of allylic oxidation sites excluding steroid dienone is 2. The first-order valence-corrected chi connectivity index (χ1v) is 6.07. The van der Waals surface area contributed by atoms with E-state index in [1.165, 1.54) is 50.5 Å². The molecule has 0 atom stereocenters. The fourth-order valence-electron chi connectivity index (χ4n) is 2.78. The summed E-state index contributed by atoms with van der Waals surface area (Å²) in [4.78, 5) is 11.2. The standard InChI is InChI=1S/C13H20O/c14-13-8-4-7-12(10-13)9-11-5-2-1-3-6-11/h10-11H,1-9H2. The van der Waals surface area contributed by atoms with Crippen LogP contribution in [-0.2, 0) is 4.79 Å². The maximum absolute atomic E-state index is 11.2. The van der Waals surface area contributed by atoms with Crippen molar-refractivity contribution in [3.63, 3.8) is 0 Å². The van der Waals surface area contributed by atoms with Gasteiger partial charge in [-0.1, -0.05) is 37.7 Å². The summed E-state index contributed by atoms with van der Waals surface area (Å²) in [5.41, 5.74) is 1.44. The van der Waals surface area contributed by atoms with Crippen LogP contribution < -0.4 is 0 Å². The monoisotopic (exact) mass is 192 g/mol. The average Bonchev–Trinajstić information content (AvgIpc) is 2.19. The van der Waals surface area contributed by atoms with E-state index in [0.29, 0.717) is 5.78 Å². The van der Waals surface area contributed by atoms with Crippen molar-refractivity contribution in [1.82, 2.24) is 0 Å². The fourth-order valence-corrected chi connectivity index (χ4v) is 2.78. The van der Waals surface area contributed by atoms with Crippen molar-refractivity contribution in [1.29, 1.82) is 0 Å². The molecule has 2 aliphatic rings. The molecule has 0 unspecified atom stereocenters. The smallest absolute Gasteiger partial charge is 0.155 e. The minimum absolute atomic E-state index is 0.363. The highest BCUT2D eigenvalue weighted by Gasteiger charge is 2.17. The minimum Gasteiger partial charge on any atom is -0.295 e. The Bertz CT molecular complexity index is 234. The third-order valence-corrected chi connectivity index (χ3v) is 3.56. The fraction of sp³-hybridized carbons (Fsp3) is 0.769. The van der Waals surface area contributed by atoms with Crippen molar-refractivity contribution in [3.8, 4) is 0 Å². The van der Waals surface area contributed by atoms with Crippen molar-refractivity contribution in [2.24, 2.45) is 5.92 Å². The molecule has 0 radical (unpaired) electrons. The van der Waals surface area contributed by atoms with E-state index in [9.17, 15) is 4.79 Å². The maximum atomic E-state index is 11.2.